The van der Waals surface area contributed by atoms with Crippen LogP contribution in [0, 0.1) is 5.41 Å². The molecule has 2 saturated heterocycles. The van der Waals surface area contributed by atoms with Crippen LogP contribution in [0.5, 0.6) is 0 Å². The van der Waals surface area contributed by atoms with Crippen molar-refractivity contribution in [2.24, 2.45) is 5.41 Å². The van der Waals surface area contributed by atoms with E-state index in [4.69, 9.17) is 9.47 Å². The molecule has 0 spiro atoms. The molecule has 0 aromatic rings. The molecule has 2 aliphatic heterocycles. The highest BCUT2D eigenvalue weighted by molar-refractivity contribution is 4.88. The summed E-state index contributed by atoms with van der Waals surface area (Å²) in [5.41, 5.74) is 0.295. The number of hydrogen-bond donors (Lipinski definition) is 1. The van der Waals surface area contributed by atoms with Gasteiger partial charge in [-0.3, -0.25) is 4.90 Å². The van der Waals surface area contributed by atoms with Gasteiger partial charge in [0, 0.05) is 38.2 Å². The third-order valence-electron chi connectivity index (χ3n) is 4.01. The maximum atomic E-state index is 5.81. The van der Waals surface area contributed by atoms with Gasteiger partial charge in [0.15, 0.2) is 0 Å². The fourth-order valence-corrected chi connectivity index (χ4v) is 3.49. The Labute approximate surface area is 111 Å². The number of morpholine rings is 1. The van der Waals surface area contributed by atoms with Crippen molar-refractivity contribution < 1.29 is 9.47 Å². The predicted molar refractivity (Wildman–Crippen MR) is 72.9 cm³/mol. The van der Waals surface area contributed by atoms with E-state index in [2.05, 4.69) is 24.1 Å². The fraction of sp³-hybridized carbons (Fsp3) is 1.00. The Morgan fingerprint density at radius 2 is 2.00 bits per heavy atom. The standard InChI is InChI=1S/C14H28N2O2/c1-12-7-16(8-13(2)18-12)10-14(9-15-3)5-4-6-17-11-14/h12-13,15H,4-11H2,1-3H3/t12-,13+,14?. The predicted octanol–water partition coefficient (Wildman–Crippen LogP) is 1.11. The highest BCUT2D eigenvalue weighted by atomic mass is 16.5. The van der Waals surface area contributed by atoms with Crippen LogP contribution in [0.2, 0.25) is 0 Å². The van der Waals surface area contributed by atoms with Crippen LogP contribution in [0.1, 0.15) is 26.7 Å². The molecule has 0 bridgehead atoms. The normalized spacial score (nSPS) is 38.8. The Bertz CT molecular complexity index is 239. The molecule has 4 nitrogen and oxygen atoms in total. The molecule has 0 aromatic heterocycles. The Morgan fingerprint density at radius 3 is 2.56 bits per heavy atom. The molecule has 0 saturated carbocycles. The van der Waals surface area contributed by atoms with Gasteiger partial charge in [-0.2, -0.15) is 0 Å². The highest BCUT2D eigenvalue weighted by Gasteiger charge is 2.36. The molecular weight excluding hydrogens is 228 g/mol. The van der Waals surface area contributed by atoms with E-state index in [0.29, 0.717) is 17.6 Å². The molecule has 2 rings (SSSR count). The number of nitrogens with zero attached hydrogens (tertiary/aromatic N) is 1. The van der Waals surface area contributed by atoms with Crippen molar-refractivity contribution in [2.45, 2.75) is 38.9 Å². The first-order chi connectivity index (χ1) is 8.63. The lowest BCUT2D eigenvalue weighted by Crippen LogP contribution is -2.53. The van der Waals surface area contributed by atoms with Gasteiger partial charge in [-0.1, -0.05) is 0 Å². The largest absolute Gasteiger partial charge is 0.381 e. The number of hydrogen-bond acceptors (Lipinski definition) is 4. The van der Waals surface area contributed by atoms with Crippen molar-refractivity contribution >= 4 is 0 Å². The molecule has 1 unspecified atom stereocenters. The minimum Gasteiger partial charge on any atom is -0.381 e. The monoisotopic (exact) mass is 256 g/mol. The van der Waals surface area contributed by atoms with Gasteiger partial charge in [-0.05, 0) is 33.7 Å². The molecule has 3 atom stereocenters. The molecule has 0 aromatic carbocycles. The Kier molecular flexibility index (Phi) is 5.01. The number of nitrogens with one attached hydrogen (secondary N) is 1. The molecule has 0 radical (unpaired) electrons. The van der Waals surface area contributed by atoms with Crippen LogP contribution >= 0.6 is 0 Å². The molecule has 2 aliphatic rings. The first-order valence-corrected chi connectivity index (χ1v) is 7.24. The summed E-state index contributed by atoms with van der Waals surface area (Å²) in [7, 11) is 2.04. The lowest BCUT2D eigenvalue weighted by Gasteiger charge is -2.44. The zero-order valence-corrected chi connectivity index (χ0v) is 12.1. The van der Waals surface area contributed by atoms with Crippen molar-refractivity contribution in [3.05, 3.63) is 0 Å². The second-order valence-corrected chi connectivity index (χ2v) is 6.14. The average molecular weight is 256 g/mol. The van der Waals surface area contributed by atoms with E-state index in [1.54, 1.807) is 0 Å². The van der Waals surface area contributed by atoms with Crippen LogP contribution in [-0.4, -0.2) is 63.5 Å². The topological polar surface area (TPSA) is 33.7 Å². The Morgan fingerprint density at radius 1 is 1.28 bits per heavy atom. The van der Waals surface area contributed by atoms with Crippen LogP contribution in [-0.2, 0) is 9.47 Å². The molecular formula is C14H28N2O2. The van der Waals surface area contributed by atoms with Crippen LogP contribution in [0.15, 0.2) is 0 Å². The molecule has 4 heteroatoms. The van der Waals surface area contributed by atoms with E-state index in [0.717, 1.165) is 39.4 Å². The molecule has 2 fully saturated rings. The van der Waals surface area contributed by atoms with Crippen LogP contribution in [0.3, 0.4) is 0 Å². The molecule has 0 aliphatic carbocycles. The van der Waals surface area contributed by atoms with E-state index in [9.17, 15) is 0 Å². The van der Waals surface area contributed by atoms with Crippen molar-refractivity contribution in [1.29, 1.82) is 0 Å². The number of ether oxygens (including phenoxy) is 2. The summed E-state index contributed by atoms with van der Waals surface area (Å²) >= 11 is 0. The summed E-state index contributed by atoms with van der Waals surface area (Å²) in [5, 5.41) is 3.35. The van der Waals surface area contributed by atoms with Gasteiger partial charge in [0.2, 0.25) is 0 Å². The first kappa shape index (κ1) is 14.3. The third-order valence-corrected chi connectivity index (χ3v) is 4.01. The van der Waals surface area contributed by atoms with Gasteiger partial charge in [0.05, 0.1) is 18.8 Å². The molecule has 1 N–H and O–H groups in total. The highest BCUT2D eigenvalue weighted by Crippen LogP contribution is 2.30. The second kappa shape index (κ2) is 6.33. The first-order valence-electron chi connectivity index (χ1n) is 7.24. The molecule has 0 amide bonds. The molecule has 2 heterocycles. The van der Waals surface area contributed by atoms with Gasteiger partial charge >= 0.3 is 0 Å². The van der Waals surface area contributed by atoms with Crippen LogP contribution < -0.4 is 5.32 Å². The number of rotatable bonds is 4. The summed E-state index contributed by atoms with van der Waals surface area (Å²) in [6.45, 7) is 10.5. The summed E-state index contributed by atoms with van der Waals surface area (Å²) in [5.74, 6) is 0. The van der Waals surface area contributed by atoms with Crippen molar-refractivity contribution in [2.75, 3.05) is 46.4 Å². The summed E-state index contributed by atoms with van der Waals surface area (Å²) in [4.78, 5) is 2.56. The maximum absolute atomic E-state index is 5.81. The third kappa shape index (κ3) is 3.67. The minimum atomic E-state index is 0.295. The smallest absolute Gasteiger partial charge is 0.0678 e. The van der Waals surface area contributed by atoms with Gasteiger partial charge in [-0.25, -0.2) is 0 Å². The van der Waals surface area contributed by atoms with E-state index in [1.165, 1.54) is 12.8 Å². The fourth-order valence-electron chi connectivity index (χ4n) is 3.49. The second-order valence-electron chi connectivity index (χ2n) is 6.14. The summed E-state index contributed by atoms with van der Waals surface area (Å²) in [6.07, 6.45) is 3.17. The molecule has 106 valence electrons. The Hall–Kier alpha value is -0.160. The van der Waals surface area contributed by atoms with Gasteiger partial charge < -0.3 is 14.8 Å². The van der Waals surface area contributed by atoms with Gasteiger partial charge in [0.25, 0.3) is 0 Å². The van der Waals surface area contributed by atoms with Crippen molar-refractivity contribution in [3.63, 3.8) is 0 Å². The zero-order chi connectivity index (χ0) is 13.0. The van der Waals surface area contributed by atoms with Gasteiger partial charge in [0.1, 0.15) is 0 Å². The lowest BCUT2D eigenvalue weighted by atomic mass is 9.81. The zero-order valence-electron chi connectivity index (χ0n) is 12.1. The maximum Gasteiger partial charge on any atom is 0.0678 e. The Balaban J connectivity index is 1.95. The van der Waals surface area contributed by atoms with E-state index in [-0.39, 0.29) is 0 Å². The van der Waals surface area contributed by atoms with E-state index >= 15 is 0 Å². The SMILES string of the molecule is CNCC1(CN2C[C@@H](C)O[C@@H](C)C2)CCCOC1. The lowest BCUT2D eigenvalue weighted by molar-refractivity contribution is -0.0928. The van der Waals surface area contributed by atoms with E-state index < -0.39 is 0 Å². The van der Waals surface area contributed by atoms with E-state index in [1.807, 2.05) is 7.05 Å². The van der Waals surface area contributed by atoms with Crippen LogP contribution in [0.4, 0.5) is 0 Å². The summed E-state index contributed by atoms with van der Waals surface area (Å²) in [6, 6.07) is 0. The average Bonchev–Trinajstić information content (AvgIpc) is 2.28. The minimum absolute atomic E-state index is 0.295. The molecule has 18 heavy (non-hydrogen) atoms. The summed E-state index contributed by atoms with van der Waals surface area (Å²) < 4.78 is 11.5. The quantitative estimate of drug-likeness (QED) is 0.817. The van der Waals surface area contributed by atoms with Crippen molar-refractivity contribution in [3.8, 4) is 0 Å². The van der Waals surface area contributed by atoms with Gasteiger partial charge in [-0.15, -0.1) is 0 Å². The van der Waals surface area contributed by atoms with Crippen molar-refractivity contribution in [1.82, 2.24) is 10.2 Å². The van der Waals surface area contributed by atoms with Crippen LogP contribution in [0.25, 0.3) is 0 Å².